The van der Waals surface area contributed by atoms with E-state index in [0.29, 0.717) is 35.0 Å². The summed E-state index contributed by atoms with van der Waals surface area (Å²) in [7, 11) is 0. The van der Waals surface area contributed by atoms with Crippen LogP contribution in [0.25, 0.3) is 11.5 Å². The zero-order chi connectivity index (χ0) is 20.6. The number of pyridine rings is 1. The number of rotatable bonds is 9. The average Bonchev–Trinajstić information content (AvgIpc) is 3.33. The van der Waals surface area contributed by atoms with Crippen LogP contribution in [0.3, 0.4) is 0 Å². The second-order valence-electron chi connectivity index (χ2n) is 5.73. The Balaban J connectivity index is 1.57. The van der Waals surface area contributed by atoms with Crippen molar-refractivity contribution in [1.82, 2.24) is 24.7 Å². The second kappa shape index (κ2) is 10.1. The molecule has 0 atom stereocenters. The van der Waals surface area contributed by atoms with Crippen LogP contribution in [-0.2, 0) is 27.3 Å². The molecule has 0 aromatic carbocycles. The summed E-state index contributed by atoms with van der Waals surface area (Å²) < 4.78 is 6.81. The van der Waals surface area contributed by atoms with Crippen LogP contribution in [0.15, 0.2) is 34.9 Å². The minimum Gasteiger partial charge on any atom is -0.466 e. The highest BCUT2D eigenvalue weighted by atomic mass is 32.2. The van der Waals surface area contributed by atoms with Gasteiger partial charge in [-0.2, -0.15) is 0 Å². The lowest BCUT2D eigenvalue weighted by Gasteiger charge is -2.06. The van der Waals surface area contributed by atoms with Crippen molar-refractivity contribution < 1.29 is 14.3 Å². The number of aromatic nitrogens is 5. The number of thiazole rings is 1. The number of nitrogens with one attached hydrogen (secondary N) is 1. The maximum absolute atomic E-state index is 12.3. The lowest BCUT2D eigenvalue weighted by molar-refractivity contribution is -0.142. The first kappa shape index (κ1) is 20.9. The van der Waals surface area contributed by atoms with Crippen LogP contribution in [0.2, 0.25) is 0 Å². The lowest BCUT2D eigenvalue weighted by Crippen LogP contribution is -2.15. The average molecular weight is 433 g/mol. The van der Waals surface area contributed by atoms with Crippen LogP contribution in [0.5, 0.6) is 0 Å². The molecule has 0 saturated heterocycles. The normalized spacial score (nSPS) is 10.7. The zero-order valence-corrected chi connectivity index (χ0v) is 17.6. The summed E-state index contributed by atoms with van der Waals surface area (Å²) in [5.74, 6) is 0.276. The van der Waals surface area contributed by atoms with Gasteiger partial charge < -0.3 is 14.6 Å². The third-order valence-corrected chi connectivity index (χ3v) is 5.46. The van der Waals surface area contributed by atoms with Crippen LogP contribution in [0.1, 0.15) is 19.5 Å². The van der Waals surface area contributed by atoms with Crippen molar-refractivity contribution >= 4 is 40.1 Å². The molecule has 0 spiro atoms. The van der Waals surface area contributed by atoms with Crippen molar-refractivity contribution in [2.24, 2.45) is 0 Å². The molecule has 3 aromatic rings. The van der Waals surface area contributed by atoms with Crippen molar-refractivity contribution in [1.29, 1.82) is 0 Å². The van der Waals surface area contributed by atoms with E-state index in [9.17, 15) is 9.59 Å². The number of carbonyl (C=O) groups is 2. The predicted octanol–water partition coefficient (Wildman–Crippen LogP) is 2.65. The van der Waals surface area contributed by atoms with Gasteiger partial charge >= 0.3 is 5.97 Å². The molecular formula is C18H20N6O3S2. The van der Waals surface area contributed by atoms with Crippen LogP contribution in [-0.4, -0.2) is 49.0 Å². The molecule has 3 heterocycles. The van der Waals surface area contributed by atoms with Crippen molar-refractivity contribution in [3.05, 3.63) is 35.5 Å². The summed E-state index contributed by atoms with van der Waals surface area (Å²) >= 11 is 2.56. The van der Waals surface area contributed by atoms with Gasteiger partial charge in [-0.1, -0.05) is 17.8 Å². The van der Waals surface area contributed by atoms with E-state index in [-0.39, 0.29) is 24.1 Å². The molecule has 1 N–H and O–H groups in total. The summed E-state index contributed by atoms with van der Waals surface area (Å²) in [5, 5.41) is 14.0. The first-order valence-electron chi connectivity index (χ1n) is 8.98. The maximum atomic E-state index is 12.3. The highest BCUT2D eigenvalue weighted by Gasteiger charge is 2.16. The first-order valence-corrected chi connectivity index (χ1v) is 10.8. The molecule has 0 aliphatic rings. The zero-order valence-electron chi connectivity index (χ0n) is 16.0. The molecule has 0 radical (unpaired) electrons. The third-order valence-electron chi connectivity index (χ3n) is 3.69. The molecule has 3 aromatic heterocycles. The van der Waals surface area contributed by atoms with E-state index in [4.69, 9.17) is 4.74 Å². The van der Waals surface area contributed by atoms with Gasteiger partial charge in [-0.15, -0.1) is 21.5 Å². The van der Waals surface area contributed by atoms with E-state index >= 15 is 0 Å². The van der Waals surface area contributed by atoms with Gasteiger partial charge in [0.25, 0.3) is 0 Å². The molecule has 1 amide bonds. The molecular weight excluding hydrogens is 412 g/mol. The molecule has 0 aliphatic heterocycles. The molecule has 0 bridgehead atoms. The predicted molar refractivity (Wildman–Crippen MR) is 111 cm³/mol. The van der Waals surface area contributed by atoms with Crippen LogP contribution >= 0.6 is 23.1 Å². The minimum atomic E-state index is -0.339. The Bertz CT molecular complexity index is 973. The number of hydrogen-bond acceptors (Lipinski definition) is 9. The van der Waals surface area contributed by atoms with E-state index in [1.54, 1.807) is 18.5 Å². The Morgan fingerprint density at radius 2 is 2.14 bits per heavy atom. The molecule has 0 saturated carbocycles. The van der Waals surface area contributed by atoms with E-state index in [0.717, 1.165) is 5.69 Å². The van der Waals surface area contributed by atoms with Crippen LogP contribution in [0.4, 0.5) is 5.13 Å². The number of carbonyl (C=O) groups excluding carboxylic acids is 2. The van der Waals surface area contributed by atoms with Crippen molar-refractivity contribution in [3.8, 4) is 11.5 Å². The third kappa shape index (κ3) is 5.61. The topological polar surface area (TPSA) is 112 Å². The summed E-state index contributed by atoms with van der Waals surface area (Å²) in [6, 6.07) is 5.60. The standard InChI is InChI=1S/C18H20N6O3S2/c1-3-24-16(13-7-5-6-8-19-13)22-23-18(24)29-11-14(25)21-17-20-12(10-28-17)9-15(26)27-4-2/h5-8,10H,3-4,9,11H2,1-2H3,(H,20,21,25). The fourth-order valence-corrected chi connectivity index (χ4v) is 3.98. The van der Waals surface area contributed by atoms with Crippen molar-refractivity contribution in [3.63, 3.8) is 0 Å². The van der Waals surface area contributed by atoms with E-state index < -0.39 is 0 Å². The minimum absolute atomic E-state index is 0.0882. The molecule has 9 nitrogen and oxygen atoms in total. The highest BCUT2D eigenvalue weighted by Crippen LogP contribution is 2.23. The van der Waals surface area contributed by atoms with Crippen LogP contribution < -0.4 is 5.32 Å². The van der Waals surface area contributed by atoms with Crippen molar-refractivity contribution in [2.75, 3.05) is 17.7 Å². The number of hydrogen-bond donors (Lipinski definition) is 1. The van der Waals surface area contributed by atoms with Gasteiger partial charge in [-0.3, -0.25) is 14.6 Å². The summed E-state index contributed by atoms with van der Waals surface area (Å²) in [6.45, 7) is 4.72. The van der Waals surface area contributed by atoms with E-state index in [1.165, 1.54) is 23.1 Å². The Morgan fingerprint density at radius 1 is 1.28 bits per heavy atom. The van der Waals surface area contributed by atoms with Gasteiger partial charge in [0.05, 0.1) is 24.5 Å². The highest BCUT2D eigenvalue weighted by molar-refractivity contribution is 7.99. The Labute approximate surface area is 175 Å². The summed E-state index contributed by atoms with van der Waals surface area (Å²) in [4.78, 5) is 32.3. The van der Waals surface area contributed by atoms with Gasteiger partial charge in [0.15, 0.2) is 16.1 Å². The quantitative estimate of drug-likeness (QED) is 0.406. The number of nitrogens with zero attached hydrogens (tertiary/aromatic N) is 5. The summed E-state index contributed by atoms with van der Waals surface area (Å²) in [6.07, 6.45) is 1.79. The van der Waals surface area contributed by atoms with Gasteiger partial charge in [-0.05, 0) is 26.0 Å². The molecule has 0 unspecified atom stereocenters. The van der Waals surface area contributed by atoms with Gasteiger partial charge in [0, 0.05) is 18.1 Å². The SMILES string of the molecule is CCOC(=O)Cc1csc(NC(=O)CSc2nnc(-c3ccccn3)n2CC)n1. The Morgan fingerprint density at radius 3 is 2.86 bits per heavy atom. The number of thioether (sulfide) groups is 1. The lowest BCUT2D eigenvalue weighted by atomic mass is 10.3. The maximum Gasteiger partial charge on any atom is 0.311 e. The van der Waals surface area contributed by atoms with Gasteiger partial charge in [0.2, 0.25) is 5.91 Å². The second-order valence-corrected chi connectivity index (χ2v) is 7.53. The number of anilines is 1. The number of esters is 1. The van der Waals surface area contributed by atoms with E-state index in [2.05, 4.69) is 25.5 Å². The Kier molecular flexibility index (Phi) is 7.30. The monoisotopic (exact) mass is 432 g/mol. The van der Waals surface area contributed by atoms with Gasteiger partial charge in [-0.25, -0.2) is 4.98 Å². The first-order chi connectivity index (χ1) is 14.1. The van der Waals surface area contributed by atoms with E-state index in [1.807, 2.05) is 29.7 Å². The smallest absolute Gasteiger partial charge is 0.311 e. The van der Waals surface area contributed by atoms with Gasteiger partial charge in [0.1, 0.15) is 5.69 Å². The number of amides is 1. The fraction of sp³-hybridized carbons (Fsp3) is 0.333. The fourth-order valence-electron chi connectivity index (χ4n) is 2.46. The summed E-state index contributed by atoms with van der Waals surface area (Å²) in [5.41, 5.74) is 1.30. The molecule has 0 fully saturated rings. The molecule has 152 valence electrons. The Hall–Kier alpha value is -2.79. The van der Waals surface area contributed by atoms with Crippen LogP contribution in [0, 0.1) is 0 Å². The largest absolute Gasteiger partial charge is 0.466 e. The molecule has 11 heteroatoms. The molecule has 29 heavy (non-hydrogen) atoms. The van der Waals surface area contributed by atoms with Crippen molar-refractivity contribution in [2.45, 2.75) is 32.0 Å². The molecule has 3 rings (SSSR count). The number of ether oxygens (including phenoxy) is 1. The molecule has 0 aliphatic carbocycles.